The highest BCUT2D eigenvalue weighted by Gasteiger charge is 2.07. The van der Waals surface area contributed by atoms with Gasteiger partial charge in [0.2, 0.25) is 0 Å². The third-order valence-corrected chi connectivity index (χ3v) is 4.65. The number of benzene rings is 2. The first-order valence-electron chi connectivity index (χ1n) is 8.97. The van der Waals surface area contributed by atoms with Crippen LogP contribution in [-0.2, 0) is 13.2 Å². The molecule has 0 saturated carbocycles. The lowest BCUT2D eigenvalue weighted by atomic mass is 10.2. The Morgan fingerprint density at radius 1 is 1.00 bits per heavy atom. The Bertz CT molecular complexity index is 1180. The minimum Gasteiger partial charge on any atom is -0.493 e. The van der Waals surface area contributed by atoms with Gasteiger partial charge in [-0.2, -0.15) is 0 Å². The summed E-state index contributed by atoms with van der Waals surface area (Å²) >= 11 is 5.80. The largest absolute Gasteiger partial charge is 0.493 e. The van der Waals surface area contributed by atoms with Crippen LogP contribution in [0.15, 0.2) is 59.5 Å². The van der Waals surface area contributed by atoms with Gasteiger partial charge in [-0.3, -0.25) is 0 Å². The third kappa shape index (κ3) is 4.52. The summed E-state index contributed by atoms with van der Waals surface area (Å²) in [5, 5.41) is 3.79. The molecule has 4 rings (SSSR count). The van der Waals surface area contributed by atoms with Gasteiger partial charge in [-0.05, 0) is 42.0 Å². The lowest BCUT2D eigenvalue weighted by Crippen LogP contribution is -2.02. The Hall–Kier alpha value is -3.45. The maximum absolute atomic E-state index is 11.4. The molecule has 0 aliphatic rings. The van der Waals surface area contributed by atoms with E-state index < -0.39 is 0 Å². The molecule has 0 unspecified atom stereocenters. The molecule has 0 saturated heterocycles. The van der Waals surface area contributed by atoms with E-state index >= 15 is 0 Å². The van der Waals surface area contributed by atoms with Gasteiger partial charge in [0.25, 0.3) is 0 Å². The smallest absolute Gasteiger partial charge is 0.323 e. The first kappa shape index (κ1) is 18.9. The predicted octanol–water partition coefficient (Wildman–Crippen LogP) is 4.10. The van der Waals surface area contributed by atoms with Crippen molar-refractivity contribution >= 4 is 28.3 Å². The molecule has 7 nitrogen and oxygen atoms in total. The molecule has 3 N–H and O–H groups in total. The van der Waals surface area contributed by atoms with Crippen molar-refractivity contribution in [2.75, 3.05) is 12.4 Å². The standard InChI is InChI=1S/C21H19ClN4O3/c1-28-19-8-13(2-6-18(19)29-12-14-3-7-20(22)24-11-14)10-23-15-4-5-16-17(9-15)26-21(27)25-16/h2-9,11,23H,10,12H2,1H3,(H2,25,26,27). The molecular weight excluding hydrogens is 392 g/mol. The maximum Gasteiger partial charge on any atom is 0.323 e. The van der Waals surface area contributed by atoms with Crippen LogP contribution in [0.5, 0.6) is 11.5 Å². The fourth-order valence-electron chi connectivity index (χ4n) is 2.94. The van der Waals surface area contributed by atoms with Crippen molar-refractivity contribution in [1.29, 1.82) is 0 Å². The van der Waals surface area contributed by atoms with E-state index in [1.54, 1.807) is 19.4 Å². The summed E-state index contributed by atoms with van der Waals surface area (Å²) in [6.07, 6.45) is 1.68. The van der Waals surface area contributed by atoms with Gasteiger partial charge >= 0.3 is 5.69 Å². The Morgan fingerprint density at radius 2 is 1.83 bits per heavy atom. The molecular formula is C21H19ClN4O3. The van der Waals surface area contributed by atoms with Crippen LogP contribution in [0.2, 0.25) is 5.15 Å². The highest BCUT2D eigenvalue weighted by molar-refractivity contribution is 6.29. The van der Waals surface area contributed by atoms with Gasteiger partial charge in [-0.1, -0.05) is 23.7 Å². The summed E-state index contributed by atoms with van der Waals surface area (Å²) in [4.78, 5) is 20.9. The van der Waals surface area contributed by atoms with Gasteiger partial charge in [0, 0.05) is 24.0 Å². The molecule has 0 atom stereocenters. The van der Waals surface area contributed by atoms with Crippen molar-refractivity contribution in [2.24, 2.45) is 0 Å². The minimum absolute atomic E-state index is 0.216. The molecule has 0 bridgehead atoms. The molecule has 8 heteroatoms. The van der Waals surface area contributed by atoms with E-state index in [1.165, 1.54) is 0 Å². The van der Waals surface area contributed by atoms with Crippen LogP contribution in [0.1, 0.15) is 11.1 Å². The number of rotatable bonds is 7. The lowest BCUT2D eigenvalue weighted by Gasteiger charge is -2.13. The zero-order valence-corrected chi connectivity index (χ0v) is 16.4. The number of H-pyrrole nitrogens is 2. The topological polar surface area (TPSA) is 92.0 Å². The molecule has 148 valence electrons. The van der Waals surface area contributed by atoms with Gasteiger partial charge < -0.3 is 24.8 Å². The first-order valence-corrected chi connectivity index (χ1v) is 9.34. The van der Waals surface area contributed by atoms with Crippen molar-refractivity contribution in [3.63, 3.8) is 0 Å². The van der Waals surface area contributed by atoms with E-state index in [-0.39, 0.29) is 5.69 Å². The normalized spacial score (nSPS) is 10.8. The molecule has 0 aliphatic carbocycles. The average molecular weight is 411 g/mol. The Labute approximate surface area is 171 Å². The summed E-state index contributed by atoms with van der Waals surface area (Å²) in [7, 11) is 1.61. The van der Waals surface area contributed by atoms with Crippen LogP contribution >= 0.6 is 11.6 Å². The fourth-order valence-corrected chi connectivity index (χ4v) is 3.05. The molecule has 2 aromatic heterocycles. The zero-order valence-electron chi connectivity index (χ0n) is 15.7. The van der Waals surface area contributed by atoms with Gasteiger partial charge in [-0.25, -0.2) is 9.78 Å². The average Bonchev–Trinajstić information content (AvgIpc) is 3.11. The van der Waals surface area contributed by atoms with Crippen molar-refractivity contribution in [2.45, 2.75) is 13.2 Å². The summed E-state index contributed by atoms with van der Waals surface area (Å²) in [6, 6.07) is 15.1. The number of nitrogens with one attached hydrogen (secondary N) is 3. The molecule has 29 heavy (non-hydrogen) atoms. The maximum atomic E-state index is 11.4. The number of ether oxygens (including phenoxy) is 2. The second kappa shape index (κ2) is 8.28. The number of nitrogens with zero attached hydrogens (tertiary/aromatic N) is 1. The Morgan fingerprint density at radius 3 is 2.62 bits per heavy atom. The second-order valence-electron chi connectivity index (χ2n) is 6.46. The Kier molecular flexibility index (Phi) is 5.39. The monoisotopic (exact) mass is 410 g/mol. The third-order valence-electron chi connectivity index (χ3n) is 4.42. The lowest BCUT2D eigenvalue weighted by molar-refractivity contribution is 0.284. The van der Waals surface area contributed by atoms with E-state index in [1.807, 2.05) is 42.5 Å². The van der Waals surface area contributed by atoms with Gasteiger partial charge in [-0.15, -0.1) is 0 Å². The van der Waals surface area contributed by atoms with Crippen LogP contribution in [0, 0.1) is 0 Å². The van der Waals surface area contributed by atoms with Crippen molar-refractivity contribution in [1.82, 2.24) is 15.0 Å². The summed E-state index contributed by atoms with van der Waals surface area (Å²) in [5.74, 6) is 1.30. The molecule has 4 aromatic rings. The highest BCUT2D eigenvalue weighted by Crippen LogP contribution is 2.29. The van der Waals surface area contributed by atoms with Crippen molar-refractivity contribution in [3.05, 3.63) is 81.5 Å². The summed E-state index contributed by atoms with van der Waals surface area (Å²) in [5.41, 5.74) is 4.18. The number of methoxy groups -OCH3 is 1. The number of aromatic amines is 2. The minimum atomic E-state index is -0.216. The van der Waals surface area contributed by atoms with E-state index in [4.69, 9.17) is 21.1 Å². The van der Waals surface area contributed by atoms with Crippen molar-refractivity contribution < 1.29 is 9.47 Å². The van der Waals surface area contributed by atoms with Gasteiger partial charge in [0.1, 0.15) is 11.8 Å². The molecule has 0 fully saturated rings. The molecule has 2 heterocycles. The van der Waals surface area contributed by atoms with Crippen LogP contribution in [0.4, 0.5) is 5.69 Å². The fraction of sp³-hybridized carbons (Fsp3) is 0.143. The highest BCUT2D eigenvalue weighted by atomic mass is 35.5. The van der Waals surface area contributed by atoms with E-state index in [9.17, 15) is 4.79 Å². The predicted molar refractivity (Wildman–Crippen MR) is 113 cm³/mol. The number of pyridine rings is 1. The van der Waals surface area contributed by atoms with Crippen molar-refractivity contribution in [3.8, 4) is 11.5 Å². The van der Waals surface area contributed by atoms with Gasteiger partial charge in [0.15, 0.2) is 11.5 Å². The van der Waals surface area contributed by atoms with E-state index in [0.29, 0.717) is 29.8 Å². The number of halogens is 1. The number of aromatic nitrogens is 3. The molecule has 2 aromatic carbocycles. The molecule has 0 aliphatic heterocycles. The number of hydrogen-bond acceptors (Lipinski definition) is 5. The molecule has 0 radical (unpaired) electrons. The number of fused-ring (bicyclic) bond motifs is 1. The number of imidazole rings is 1. The number of anilines is 1. The summed E-state index contributed by atoms with van der Waals surface area (Å²) in [6.45, 7) is 0.963. The quantitative estimate of drug-likeness (QED) is 0.399. The van der Waals surface area contributed by atoms with Crippen LogP contribution in [0.3, 0.4) is 0 Å². The van der Waals surface area contributed by atoms with E-state index in [0.717, 1.165) is 27.8 Å². The summed E-state index contributed by atoms with van der Waals surface area (Å²) < 4.78 is 11.3. The molecule has 0 spiro atoms. The van der Waals surface area contributed by atoms with Crippen LogP contribution in [0.25, 0.3) is 11.0 Å². The van der Waals surface area contributed by atoms with Crippen LogP contribution in [-0.4, -0.2) is 22.1 Å². The Balaban J connectivity index is 1.42. The SMILES string of the molecule is COc1cc(CNc2ccc3[nH]c(=O)[nH]c3c2)ccc1OCc1ccc(Cl)nc1. The number of hydrogen-bond donors (Lipinski definition) is 3. The van der Waals surface area contributed by atoms with Gasteiger partial charge in [0.05, 0.1) is 18.1 Å². The first-order chi connectivity index (χ1) is 14.1. The zero-order chi connectivity index (χ0) is 20.2. The van der Waals surface area contributed by atoms with Crippen LogP contribution < -0.4 is 20.5 Å². The molecule has 0 amide bonds. The second-order valence-corrected chi connectivity index (χ2v) is 6.84. The van der Waals surface area contributed by atoms with E-state index in [2.05, 4.69) is 20.3 Å².